The number of carboxylic acid groups (broad SMARTS) is 1. The molecular formula is C34H45N3O11. The second-order valence-corrected chi connectivity index (χ2v) is 13.4. The number of nitrogens with one attached hydrogen (secondary N) is 2. The van der Waals surface area contributed by atoms with Crippen LogP contribution in [0.3, 0.4) is 0 Å². The highest BCUT2D eigenvalue weighted by Crippen LogP contribution is 2.68. The molecule has 0 radical (unpaired) electrons. The molecule has 4 aliphatic rings. The number of unbranched alkanes of at least 4 members (excludes halogenated alkanes) is 1. The summed E-state index contributed by atoms with van der Waals surface area (Å²) in [6.07, 6.45) is 1.81. The van der Waals surface area contributed by atoms with Crippen LogP contribution in [-0.2, 0) is 45.3 Å². The van der Waals surface area contributed by atoms with E-state index in [0.717, 1.165) is 17.5 Å². The van der Waals surface area contributed by atoms with Crippen molar-refractivity contribution in [2.45, 2.75) is 107 Å². The highest BCUT2D eigenvalue weighted by atomic mass is 16.6. The number of aliphatic hydroxyl groups is 1. The fourth-order valence-corrected chi connectivity index (χ4v) is 8.09. The van der Waals surface area contributed by atoms with E-state index in [1.165, 1.54) is 21.0 Å². The molecule has 1 spiro atoms. The van der Waals surface area contributed by atoms with Gasteiger partial charge in [-0.15, -0.1) is 0 Å². The summed E-state index contributed by atoms with van der Waals surface area (Å²) in [5, 5.41) is 27.1. The SMILES string of the molecule is COc1ccc2c3c1O[C@H]1C(OC(=O)C[C@H](OC(=O)[C@H](C)NC(=O)[C@H](CCCCN)NC(C)=O)C(=O)O)=CC[C@@]4(O)[C@@H](C2)C(C)CC[C@]314. The van der Waals surface area contributed by atoms with Crippen molar-refractivity contribution in [3.63, 3.8) is 0 Å². The number of aliphatic carboxylic acids is 1. The van der Waals surface area contributed by atoms with Gasteiger partial charge in [0.25, 0.3) is 0 Å². The first-order chi connectivity index (χ1) is 22.8. The second kappa shape index (κ2) is 13.7. The van der Waals surface area contributed by atoms with Gasteiger partial charge in [-0.1, -0.05) is 13.0 Å². The molecule has 14 heteroatoms. The third kappa shape index (κ3) is 6.11. The number of benzene rings is 1. The smallest absolute Gasteiger partial charge is 0.345 e. The van der Waals surface area contributed by atoms with E-state index >= 15 is 0 Å². The predicted molar refractivity (Wildman–Crippen MR) is 169 cm³/mol. The number of esters is 2. The van der Waals surface area contributed by atoms with Crippen LogP contribution in [0.2, 0.25) is 0 Å². The molecule has 0 aromatic heterocycles. The van der Waals surface area contributed by atoms with Crippen molar-refractivity contribution in [3.05, 3.63) is 35.1 Å². The van der Waals surface area contributed by atoms with Crippen LogP contribution in [0.15, 0.2) is 24.0 Å². The summed E-state index contributed by atoms with van der Waals surface area (Å²) in [6, 6.07) is 1.61. The summed E-state index contributed by atoms with van der Waals surface area (Å²) in [4.78, 5) is 62.5. The van der Waals surface area contributed by atoms with Gasteiger partial charge in [-0.05, 0) is 88.0 Å². The number of ether oxygens (including phenoxy) is 4. The van der Waals surface area contributed by atoms with E-state index < -0.39 is 71.5 Å². The molecule has 1 fully saturated rings. The summed E-state index contributed by atoms with van der Waals surface area (Å²) in [6.45, 7) is 5.11. The molecule has 1 aliphatic heterocycles. The van der Waals surface area contributed by atoms with Gasteiger partial charge >= 0.3 is 17.9 Å². The van der Waals surface area contributed by atoms with Crippen LogP contribution in [0.4, 0.5) is 0 Å². The van der Waals surface area contributed by atoms with Crippen molar-refractivity contribution in [1.82, 2.24) is 10.6 Å². The zero-order valence-corrected chi connectivity index (χ0v) is 27.7. The molecule has 0 saturated heterocycles. The van der Waals surface area contributed by atoms with Crippen molar-refractivity contribution < 1.29 is 53.1 Å². The minimum absolute atomic E-state index is 0.0459. The lowest BCUT2D eigenvalue weighted by atomic mass is 9.45. The van der Waals surface area contributed by atoms with Gasteiger partial charge in [0.15, 0.2) is 17.6 Å². The molecule has 262 valence electrons. The summed E-state index contributed by atoms with van der Waals surface area (Å²) >= 11 is 0. The van der Waals surface area contributed by atoms with Gasteiger partial charge in [0, 0.05) is 12.5 Å². The molecule has 1 unspecified atom stereocenters. The van der Waals surface area contributed by atoms with Crippen molar-refractivity contribution in [2.24, 2.45) is 17.6 Å². The van der Waals surface area contributed by atoms with Crippen LogP contribution in [-0.4, -0.2) is 83.5 Å². The lowest BCUT2D eigenvalue weighted by Crippen LogP contribution is -2.69. The number of methoxy groups -OCH3 is 1. The maximum absolute atomic E-state index is 13.2. The van der Waals surface area contributed by atoms with Gasteiger partial charge in [-0.2, -0.15) is 0 Å². The topological polar surface area (TPSA) is 213 Å². The predicted octanol–water partition coefficient (Wildman–Crippen LogP) is 1.38. The lowest BCUT2D eigenvalue weighted by molar-refractivity contribution is -0.174. The van der Waals surface area contributed by atoms with E-state index in [0.29, 0.717) is 43.7 Å². The maximum atomic E-state index is 13.2. The Morgan fingerprint density at radius 1 is 1.17 bits per heavy atom. The standard InChI is InChI=1S/C34H45N3O11/c1-17-10-12-33-27-20-8-9-23(45-4)28(27)48-29(33)24(11-13-34(33,44)21(17)15-20)46-26(39)16-25(31(41)42)47-32(43)18(2)36-30(40)22(37-19(3)38)7-5-6-14-35/h8-9,11,17-18,21-22,25,29,44H,5-7,10,12-16,35H2,1-4H3,(H,36,40)(H,37,38)(H,41,42)/t17?,18-,21-,22-,25-,29-,33-,34+/m0/s1. The van der Waals surface area contributed by atoms with Crippen molar-refractivity contribution in [1.29, 1.82) is 0 Å². The summed E-state index contributed by atoms with van der Waals surface area (Å²) in [5.41, 5.74) is 5.39. The number of carbonyl (C=O) groups excluding carboxylic acids is 4. The Labute approximate surface area is 278 Å². The largest absolute Gasteiger partial charge is 0.493 e. The highest BCUT2D eigenvalue weighted by Gasteiger charge is 2.72. The van der Waals surface area contributed by atoms with Gasteiger partial charge < -0.3 is 45.5 Å². The molecule has 1 aromatic rings. The van der Waals surface area contributed by atoms with Crippen LogP contribution < -0.4 is 25.8 Å². The molecule has 5 rings (SSSR count). The zero-order valence-electron chi connectivity index (χ0n) is 27.7. The van der Waals surface area contributed by atoms with Gasteiger partial charge in [-0.3, -0.25) is 14.4 Å². The average molecular weight is 672 g/mol. The Hall–Kier alpha value is -4.17. The van der Waals surface area contributed by atoms with E-state index in [1.807, 2.05) is 12.1 Å². The van der Waals surface area contributed by atoms with E-state index in [4.69, 9.17) is 24.7 Å². The minimum Gasteiger partial charge on any atom is -0.493 e. The monoisotopic (exact) mass is 671 g/mol. The number of nitrogens with two attached hydrogens (primary N) is 1. The van der Waals surface area contributed by atoms with Crippen molar-refractivity contribution >= 4 is 29.7 Å². The Kier molecular flexibility index (Phi) is 10.1. The lowest BCUT2D eigenvalue weighted by Gasteiger charge is -2.61. The highest BCUT2D eigenvalue weighted by molar-refractivity contribution is 5.91. The molecule has 2 amide bonds. The van der Waals surface area contributed by atoms with Gasteiger partial charge in [-0.25, -0.2) is 9.59 Å². The van der Waals surface area contributed by atoms with Gasteiger partial charge in [0.1, 0.15) is 17.8 Å². The van der Waals surface area contributed by atoms with Crippen LogP contribution in [0, 0.1) is 11.8 Å². The first-order valence-electron chi connectivity index (χ1n) is 16.5. The Morgan fingerprint density at radius 3 is 2.58 bits per heavy atom. The van der Waals surface area contributed by atoms with Gasteiger partial charge in [0.05, 0.1) is 24.5 Å². The first kappa shape index (κ1) is 35.1. The number of amides is 2. The molecule has 2 bridgehead atoms. The minimum atomic E-state index is -1.91. The van der Waals surface area contributed by atoms with Crippen LogP contribution in [0.1, 0.15) is 76.8 Å². The van der Waals surface area contributed by atoms with E-state index in [9.17, 15) is 34.2 Å². The Balaban J connectivity index is 1.28. The Bertz CT molecular complexity index is 1510. The molecule has 48 heavy (non-hydrogen) atoms. The quantitative estimate of drug-likeness (QED) is 0.140. The fraction of sp³-hybridized carbons (Fsp3) is 0.618. The molecule has 8 atom stereocenters. The maximum Gasteiger partial charge on any atom is 0.345 e. The third-order valence-electron chi connectivity index (χ3n) is 10.4. The molecule has 6 N–H and O–H groups in total. The third-order valence-corrected chi connectivity index (χ3v) is 10.4. The number of rotatable bonds is 14. The Morgan fingerprint density at radius 2 is 1.92 bits per heavy atom. The van der Waals surface area contributed by atoms with Crippen LogP contribution >= 0.6 is 0 Å². The van der Waals surface area contributed by atoms with Gasteiger partial charge in [0.2, 0.25) is 17.9 Å². The van der Waals surface area contributed by atoms with Crippen molar-refractivity contribution in [2.75, 3.05) is 13.7 Å². The number of carboxylic acids is 1. The normalized spacial score (nSPS) is 28.0. The average Bonchev–Trinajstić information content (AvgIpc) is 3.39. The summed E-state index contributed by atoms with van der Waals surface area (Å²) < 4.78 is 23.0. The zero-order chi connectivity index (χ0) is 35.0. The van der Waals surface area contributed by atoms with E-state index in [-0.39, 0.29) is 30.4 Å². The number of hydrogen-bond acceptors (Lipinski definition) is 11. The van der Waals surface area contributed by atoms with Crippen molar-refractivity contribution in [3.8, 4) is 11.5 Å². The van der Waals surface area contributed by atoms with E-state index in [1.54, 1.807) is 6.08 Å². The van der Waals surface area contributed by atoms with Crippen LogP contribution in [0.5, 0.6) is 11.5 Å². The summed E-state index contributed by atoms with van der Waals surface area (Å²) in [5.74, 6) is -3.38. The van der Waals surface area contributed by atoms with E-state index in [2.05, 4.69) is 17.6 Å². The number of carbonyl (C=O) groups is 5. The number of hydrogen-bond donors (Lipinski definition) is 5. The second-order valence-electron chi connectivity index (χ2n) is 13.4. The fourth-order valence-electron chi connectivity index (χ4n) is 8.09. The summed E-state index contributed by atoms with van der Waals surface area (Å²) in [7, 11) is 1.53. The molecular weight excluding hydrogens is 626 g/mol. The molecule has 1 saturated carbocycles. The first-order valence-corrected chi connectivity index (χ1v) is 16.5. The van der Waals surface area contributed by atoms with Crippen LogP contribution in [0.25, 0.3) is 0 Å². The molecule has 1 aromatic carbocycles. The molecule has 1 heterocycles. The molecule has 14 nitrogen and oxygen atoms in total. The molecule has 3 aliphatic carbocycles.